The Labute approximate surface area is 143 Å². The number of carbonyl (C=O) groups is 1. The number of amides is 1. The lowest BCUT2D eigenvalue weighted by atomic mass is 9.84. The van der Waals surface area contributed by atoms with Gasteiger partial charge in [0, 0.05) is 5.69 Å². The molecule has 24 heavy (non-hydrogen) atoms. The number of fused-ring (bicyclic) bond motifs is 1. The van der Waals surface area contributed by atoms with Crippen LogP contribution in [-0.4, -0.2) is 31.3 Å². The van der Waals surface area contributed by atoms with E-state index in [1.807, 2.05) is 32.0 Å². The van der Waals surface area contributed by atoms with Crippen LogP contribution in [0.4, 0.5) is 5.69 Å². The van der Waals surface area contributed by atoms with E-state index >= 15 is 0 Å². The van der Waals surface area contributed by atoms with Gasteiger partial charge in [0.15, 0.2) is 0 Å². The van der Waals surface area contributed by atoms with E-state index in [9.17, 15) is 9.36 Å². The Morgan fingerprint density at radius 1 is 1.29 bits per heavy atom. The molecule has 0 aromatic heterocycles. The summed E-state index contributed by atoms with van der Waals surface area (Å²) in [5.74, 6) is -0.138. The van der Waals surface area contributed by atoms with Gasteiger partial charge in [0.1, 0.15) is 6.04 Å². The van der Waals surface area contributed by atoms with E-state index in [0.717, 1.165) is 12.1 Å². The maximum atomic E-state index is 12.5. The minimum Gasteiger partial charge on any atom is -0.373 e. The highest BCUT2D eigenvalue weighted by molar-refractivity contribution is 7.53. The number of carbonyl (C=O) groups excluding carboxylic acids is 1. The normalized spacial score (nSPS) is 20.2. The lowest BCUT2D eigenvalue weighted by Crippen LogP contribution is -2.39. The standard InChI is InChI=1S/C17H27N2O4P/c1-3-22-24(21,23-4-2)11-7-8-13-12-16(17(18)20)19-15-10-6-5-9-14(13)15/h5-6,9-10,13,16,19H,3-4,7-8,11-12H2,1-2H3,(H2,18,20)/t13-,16-/m1/s1. The molecule has 134 valence electrons. The van der Waals surface area contributed by atoms with Crippen molar-refractivity contribution in [3.63, 3.8) is 0 Å². The summed E-state index contributed by atoms with van der Waals surface area (Å²) in [5.41, 5.74) is 7.61. The van der Waals surface area contributed by atoms with Crippen LogP contribution in [0.5, 0.6) is 0 Å². The van der Waals surface area contributed by atoms with Gasteiger partial charge < -0.3 is 20.1 Å². The topological polar surface area (TPSA) is 90.7 Å². The average Bonchev–Trinajstić information content (AvgIpc) is 2.55. The van der Waals surface area contributed by atoms with Gasteiger partial charge in [-0.25, -0.2) is 0 Å². The quantitative estimate of drug-likeness (QED) is 0.663. The fourth-order valence-corrected chi connectivity index (χ4v) is 4.88. The molecular weight excluding hydrogens is 327 g/mol. The molecule has 0 radical (unpaired) electrons. The van der Waals surface area contributed by atoms with Gasteiger partial charge in [0.25, 0.3) is 0 Å². The van der Waals surface area contributed by atoms with Crippen LogP contribution in [0.15, 0.2) is 24.3 Å². The van der Waals surface area contributed by atoms with Crippen LogP contribution in [0.3, 0.4) is 0 Å². The van der Waals surface area contributed by atoms with Crippen LogP contribution < -0.4 is 11.1 Å². The van der Waals surface area contributed by atoms with E-state index in [4.69, 9.17) is 14.8 Å². The molecule has 1 aromatic carbocycles. The number of nitrogens with one attached hydrogen (secondary N) is 1. The second-order valence-corrected chi connectivity index (χ2v) is 8.12. The van der Waals surface area contributed by atoms with Crippen LogP contribution in [0, 0.1) is 0 Å². The molecule has 1 amide bonds. The largest absolute Gasteiger partial charge is 0.373 e. The zero-order valence-corrected chi connectivity index (χ0v) is 15.3. The molecule has 0 fully saturated rings. The number of benzene rings is 1. The average molecular weight is 354 g/mol. The maximum Gasteiger partial charge on any atom is 0.330 e. The smallest absolute Gasteiger partial charge is 0.330 e. The van der Waals surface area contributed by atoms with Crippen LogP contribution in [0.25, 0.3) is 0 Å². The van der Waals surface area contributed by atoms with Gasteiger partial charge in [-0.2, -0.15) is 0 Å². The number of hydrogen-bond donors (Lipinski definition) is 2. The molecular formula is C17H27N2O4P. The third-order valence-electron chi connectivity index (χ3n) is 4.23. The molecule has 7 heteroatoms. The Balaban J connectivity index is 2.03. The van der Waals surface area contributed by atoms with E-state index in [-0.39, 0.29) is 17.9 Å². The minimum atomic E-state index is -3.01. The van der Waals surface area contributed by atoms with Gasteiger partial charge >= 0.3 is 7.60 Å². The van der Waals surface area contributed by atoms with Gasteiger partial charge in [-0.05, 0) is 50.7 Å². The SMILES string of the molecule is CCOP(=O)(CCC[C@@H]1C[C@H](C(N)=O)Nc2ccccc21)OCC. The van der Waals surface area contributed by atoms with E-state index < -0.39 is 7.60 Å². The second-order valence-electron chi connectivity index (χ2n) is 5.93. The zero-order chi connectivity index (χ0) is 17.6. The fraction of sp³-hybridized carbons (Fsp3) is 0.588. The third kappa shape index (κ3) is 4.82. The molecule has 1 heterocycles. The Morgan fingerprint density at radius 3 is 2.58 bits per heavy atom. The molecule has 1 aliphatic heterocycles. The summed E-state index contributed by atoms with van der Waals surface area (Å²) in [6, 6.07) is 7.58. The molecule has 0 unspecified atom stereocenters. The van der Waals surface area contributed by atoms with Crippen molar-refractivity contribution in [3.05, 3.63) is 29.8 Å². The summed E-state index contributed by atoms with van der Waals surface area (Å²) in [4.78, 5) is 11.6. The van der Waals surface area contributed by atoms with Crippen molar-refractivity contribution in [3.8, 4) is 0 Å². The fourth-order valence-electron chi connectivity index (χ4n) is 3.19. The summed E-state index contributed by atoms with van der Waals surface area (Å²) in [6.45, 7) is 4.37. The summed E-state index contributed by atoms with van der Waals surface area (Å²) in [6.07, 6.45) is 2.57. The molecule has 0 saturated heterocycles. The molecule has 0 saturated carbocycles. The predicted molar refractivity (Wildman–Crippen MR) is 95.4 cm³/mol. The summed E-state index contributed by atoms with van der Waals surface area (Å²) >= 11 is 0. The molecule has 2 atom stereocenters. The molecule has 0 aliphatic carbocycles. The Morgan fingerprint density at radius 2 is 1.96 bits per heavy atom. The molecule has 0 bridgehead atoms. The summed E-state index contributed by atoms with van der Waals surface area (Å²) in [5, 5.41) is 3.19. The van der Waals surface area contributed by atoms with Crippen molar-refractivity contribution >= 4 is 19.2 Å². The van der Waals surface area contributed by atoms with Crippen molar-refractivity contribution < 1.29 is 18.4 Å². The molecule has 1 aromatic rings. The van der Waals surface area contributed by atoms with Crippen molar-refractivity contribution in [2.45, 2.75) is 45.1 Å². The van der Waals surface area contributed by atoms with Crippen molar-refractivity contribution in [1.29, 1.82) is 0 Å². The lowest BCUT2D eigenvalue weighted by Gasteiger charge is -2.32. The Bertz CT molecular complexity index is 598. The molecule has 1 aliphatic rings. The number of para-hydroxylation sites is 1. The first-order valence-corrected chi connectivity index (χ1v) is 10.2. The van der Waals surface area contributed by atoms with E-state index in [1.54, 1.807) is 0 Å². The van der Waals surface area contributed by atoms with Crippen LogP contribution >= 0.6 is 7.60 Å². The first kappa shape index (κ1) is 19.0. The van der Waals surface area contributed by atoms with E-state index in [0.29, 0.717) is 32.2 Å². The predicted octanol–water partition coefficient (Wildman–Crippen LogP) is 3.49. The summed E-state index contributed by atoms with van der Waals surface area (Å²) < 4.78 is 23.2. The lowest BCUT2D eigenvalue weighted by molar-refractivity contribution is -0.119. The molecule has 3 N–H and O–H groups in total. The van der Waals surface area contributed by atoms with Gasteiger partial charge in [-0.1, -0.05) is 18.2 Å². The molecule has 0 spiro atoms. The first-order chi connectivity index (χ1) is 11.5. The van der Waals surface area contributed by atoms with Gasteiger partial charge in [-0.15, -0.1) is 0 Å². The maximum absolute atomic E-state index is 12.5. The number of nitrogens with two attached hydrogens (primary N) is 1. The highest BCUT2D eigenvalue weighted by atomic mass is 31.2. The zero-order valence-electron chi connectivity index (χ0n) is 14.4. The number of hydrogen-bond acceptors (Lipinski definition) is 5. The van der Waals surface area contributed by atoms with Gasteiger partial charge in [0.05, 0.1) is 19.4 Å². The number of primary amides is 1. The first-order valence-electron chi connectivity index (χ1n) is 8.52. The number of anilines is 1. The van der Waals surface area contributed by atoms with Crippen molar-refractivity contribution in [2.75, 3.05) is 24.7 Å². The molecule has 6 nitrogen and oxygen atoms in total. The molecule has 2 rings (SSSR count). The Kier molecular flexibility index (Phi) is 6.84. The van der Waals surface area contributed by atoms with Crippen molar-refractivity contribution in [2.24, 2.45) is 5.73 Å². The van der Waals surface area contributed by atoms with Crippen LogP contribution in [-0.2, 0) is 18.4 Å². The Hall–Kier alpha value is -1.36. The third-order valence-corrected chi connectivity index (χ3v) is 6.40. The van der Waals surface area contributed by atoms with Crippen LogP contribution in [0.1, 0.15) is 44.6 Å². The van der Waals surface area contributed by atoms with Gasteiger partial charge in [0.2, 0.25) is 5.91 Å². The van der Waals surface area contributed by atoms with Crippen LogP contribution in [0.2, 0.25) is 0 Å². The highest BCUT2D eigenvalue weighted by Crippen LogP contribution is 2.49. The van der Waals surface area contributed by atoms with E-state index in [2.05, 4.69) is 11.4 Å². The highest BCUT2D eigenvalue weighted by Gasteiger charge is 2.30. The van der Waals surface area contributed by atoms with E-state index in [1.165, 1.54) is 5.56 Å². The summed E-state index contributed by atoms with van der Waals surface area (Å²) in [7, 11) is -3.01. The monoisotopic (exact) mass is 354 g/mol. The van der Waals surface area contributed by atoms with Gasteiger partial charge in [-0.3, -0.25) is 9.36 Å². The second kappa shape index (κ2) is 8.65. The number of rotatable bonds is 9. The van der Waals surface area contributed by atoms with Crippen molar-refractivity contribution in [1.82, 2.24) is 0 Å². The minimum absolute atomic E-state index is 0.205.